The SMILES string of the molecule is O=C(NC1CC1)C1CC1.O=C(O)NCc1ccc(Nc2ccccc2C(F)(F)F)cc1. The first kappa shape index (κ1) is 22.5. The van der Waals surface area contributed by atoms with E-state index >= 15 is 0 Å². The van der Waals surface area contributed by atoms with Crippen LogP contribution in [0.1, 0.15) is 36.8 Å². The topological polar surface area (TPSA) is 90.5 Å². The van der Waals surface area contributed by atoms with Crippen LogP contribution < -0.4 is 16.0 Å². The number of alkyl halides is 3. The zero-order valence-corrected chi connectivity index (χ0v) is 16.7. The minimum atomic E-state index is -4.44. The van der Waals surface area contributed by atoms with Crippen molar-refractivity contribution in [2.75, 3.05) is 5.32 Å². The summed E-state index contributed by atoms with van der Waals surface area (Å²) < 4.78 is 38.7. The van der Waals surface area contributed by atoms with Gasteiger partial charge in [-0.15, -0.1) is 0 Å². The number of carbonyl (C=O) groups excluding carboxylic acids is 1. The quantitative estimate of drug-likeness (QED) is 0.520. The fourth-order valence-electron chi connectivity index (χ4n) is 2.77. The zero-order chi connectivity index (χ0) is 22.4. The van der Waals surface area contributed by atoms with E-state index in [2.05, 4.69) is 16.0 Å². The van der Waals surface area contributed by atoms with Crippen LogP contribution in [0.25, 0.3) is 0 Å². The number of amides is 2. The van der Waals surface area contributed by atoms with Crippen LogP contribution in [-0.2, 0) is 17.5 Å². The highest BCUT2D eigenvalue weighted by molar-refractivity contribution is 5.81. The first-order chi connectivity index (χ1) is 14.7. The van der Waals surface area contributed by atoms with Gasteiger partial charge in [0.05, 0.1) is 11.3 Å². The molecule has 2 aliphatic carbocycles. The molecule has 0 bridgehead atoms. The van der Waals surface area contributed by atoms with Crippen molar-refractivity contribution in [2.24, 2.45) is 5.92 Å². The third kappa shape index (κ3) is 7.51. The third-order valence-corrected chi connectivity index (χ3v) is 4.78. The lowest BCUT2D eigenvalue weighted by Gasteiger charge is -2.14. The van der Waals surface area contributed by atoms with Crippen LogP contribution in [0, 0.1) is 5.92 Å². The van der Waals surface area contributed by atoms with Crippen molar-refractivity contribution < 1.29 is 27.9 Å². The van der Waals surface area contributed by atoms with Crippen molar-refractivity contribution in [1.82, 2.24) is 10.6 Å². The maximum atomic E-state index is 12.9. The van der Waals surface area contributed by atoms with Gasteiger partial charge in [-0.1, -0.05) is 24.3 Å². The molecule has 166 valence electrons. The molecule has 0 aliphatic heterocycles. The Morgan fingerprint density at radius 2 is 1.61 bits per heavy atom. The fraction of sp³-hybridized carbons (Fsp3) is 0.364. The molecule has 0 heterocycles. The summed E-state index contributed by atoms with van der Waals surface area (Å²) in [4.78, 5) is 21.3. The molecule has 2 fully saturated rings. The van der Waals surface area contributed by atoms with Crippen LogP contribution in [-0.4, -0.2) is 23.1 Å². The van der Waals surface area contributed by atoms with E-state index in [1.807, 2.05) is 0 Å². The molecule has 0 spiro atoms. The maximum Gasteiger partial charge on any atom is 0.418 e. The lowest BCUT2D eigenvalue weighted by Crippen LogP contribution is -2.26. The Kier molecular flexibility index (Phi) is 7.04. The van der Waals surface area contributed by atoms with Crippen molar-refractivity contribution in [2.45, 2.75) is 44.4 Å². The third-order valence-electron chi connectivity index (χ3n) is 4.78. The van der Waals surface area contributed by atoms with E-state index in [1.54, 1.807) is 24.3 Å². The molecule has 2 aromatic rings. The molecule has 0 aromatic heterocycles. The van der Waals surface area contributed by atoms with Crippen LogP contribution in [0.4, 0.5) is 29.3 Å². The summed E-state index contributed by atoms with van der Waals surface area (Å²) in [5, 5.41) is 16.4. The van der Waals surface area contributed by atoms with Gasteiger partial charge in [-0.2, -0.15) is 13.2 Å². The van der Waals surface area contributed by atoms with Gasteiger partial charge in [0, 0.05) is 24.2 Å². The number of carboxylic acid groups (broad SMARTS) is 1. The standard InChI is InChI=1S/C15H13F3N2O2.C7H11NO/c16-15(17,18)12-3-1-2-4-13(12)20-11-7-5-10(6-8-11)9-19-14(21)22;9-7(5-1-2-5)8-6-3-4-6/h1-8,19-20H,9H2,(H,21,22);5-6H,1-4H2,(H,8,9). The molecule has 0 saturated heterocycles. The van der Waals surface area contributed by atoms with E-state index in [-0.39, 0.29) is 12.2 Å². The number of anilines is 2. The number of benzene rings is 2. The highest BCUT2D eigenvalue weighted by Gasteiger charge is 2.34. The second kappa shape index (κ2) is 9.72. The number of halogens is 3. The summed E-state index contributed by atoms with van der Waals surface area (Å²) in [5.41, 5.74) is 0.408. The smallest absolute Gasteiger partial charge is 0.418 e. The van der Waals surface area contributed by atoms with E-state index < -0.39 is 17.8 Å². The molecule has 31 heavy (non-hydrogen) atoms. The average molecular weight is 435 g/mol. The average Bonchev–Trinajstić information content (AvgIpc) is 3.61. The normalized spacial score (nSPS) is 15.3. The second-order valence-corrected chi connectivity index (χ2v) is 7.58. The zero-order valence-electron chi connectivity index (χ0n) is 16.7. The molecular formula is C22H24F3N3O3. The number of hydrogen-bond acceptors (Lipinski definition) is 3. The van der Waals surface area contributed by atoms with Crippen LogP contribution in [0.15, 0.2) is 48.5 Å². The minimum absolute atomic E-state index is 0.0357. The summed E-state index contributed by atoms with van der Waals surface area (Å²) in [6.45, 7) is 0.134. The van der Waals surface area contributed by atoms with Gasteiger partial charge in [-0.25, -0.2) is 4.79 Å². The van der Waals surface area contributed by atoms with Crippen LogP contribution in [0.3, 0.4) is 0 Å². The van der Waals surface area contributed by atoms with Crippen molar-refractivity contribution in [3.63, 3.8) is 0 Å². The van der Waals surface area contributed by atoms with Crippen LogP contribution in [0.5, 0.6) is 0 Å². The Morgan fingerprint density at radius 3 is 2.16 bits per heavy atom. The lowest BCUT2D eigenvalue weighted by molar-refractivity contribution is -0.137. The van der Waals surface area contributed by atoms with Gasteiger partial charge in [0.25, 0.3) is 0 Å². The van der Waals surface area contributed by atoms with Gasteiger partial charge < -0.3 is 21.1 Å². The molecule has 2 aromatic carbocycles. The number of hydrogen-bond donors (Lipinski definition) is 4. The minimum Gasteiger partial charge on any atom is -0.465 e. The van der Waals surface area contributed by atoms with E-state index in [1.165, 1.54) is 31.0 Å². The van der Waals surface area contributed by atoms with Crippen LogP contribution in [0.2, 0.25) is 0 Å². The molecule has 0 radical (unpaired) electrons. The van der Waals surface area contributed by atoms with Gasteiger partial charge in [0.2, 0.25) is 5.91 Å². The largest absolute Gasteiger partial charge is 0.465 e. The lowest BCUT2D eigenvalue weighted by atomic mass is 10.1. The van der Waals surface area contributed by atoms with Gasteiger partial charge in [-0.3, -0.25) is 4.79 Å². The van der Waals surface area contributed by atoms with E-state index in [9.17, 15) is 22.8 Å². The fourth-order valence-corrected chi connectivity index (χ4v) is 2.77. The Morgan fingerprint density at radius 1 is 0.968 bits per heavy atom. The molecule has 2 saturated carbocycles. The Hall–Kier alpha value is -3.23. The van der Waals surface area contributed by atoms with Crippen molar-refractivity contribution in [3.05, 3.63) is 59.7 Å². The Balaban J connectivity index is 0.000000248. The molecule has 0 atom stereocenters. The van der Waals surface area contributed by atoms with Gasteiger partial charge in [0.1, 0.15) is 0 Å². The summed E-state index contributed by atoms with van der Waals surface area (Å²) in [7, 11) is 0. The molecule has 2 aliphatic rings. The van der Waals surface area contributed by atoms with Crippen molar-refractivity contribution in [1.29, 1.82) is 0 Å². The molecule has 9 heteroatoms. The first-order valence-electron chi connectivity index (χ1n) is 10.0. The first-order valence-corrected chi connectivity index (χ1v) is 10.0. The molecule has 6 nitrogen and oxygen atoms in total. The second-order valence-electron chi connectivity index (χ2n) is 7.58. The molecule has 4 rings (SSSR count). The summed E-state index contributed by atoms with van der Waals surface area (Å²) in [5.74, 6) is 0.697. The summed E-state index contributed by atoms with van der Waals surface area (Å²) in [6.07, 6.45) is -0.913. The summed E-state index contributed by atoms with van der Waals surface area (Å²) in [6, 6.07) is 12.2. The summed E-state index contributed by atoms with van der Waals surface area (Å²) >= 11 is 0. The predicted octanol–water partition coefficient (Wildman–Crippen LogP) is 4.89. The Labute approximate surface area is 177 Å². The molecule has 2 amide bonds. The van der Waals surface area contributed by atoms with Crippen molar-refractivity contribution >= 4 is 23.4 Å². The predicted molar refractivity (Wildman–Crippen MR) is 110 cm³/mol. The van der Waals surface area contributed by atoms with Gasteiger partial charge in [0.15, 0.2) is 0 Å². The van der Waals surface area contributed by atoms with Gasteiger partial charge >= 0.3 is 12.3 Å². The number of carbonyl (C=O) groups is 2. The van der Waals surface area contributed by atoms with E-state index in [4.69, 9.17) is 5.11 Å². The number of rotatable bonds is 6. The van der Waals surface area contributed by atoms with Crippen molar-refractivity contribution in [3.8, 4) is 0 Å². The maximum absolute atomic E-state index is 12.9. The highest BCUT2D eigenvalue weighted by atomic mass is 19.4. The molecular weight excluding hydrogens is 411 g/mol. The highest BCUT2D eigenvalue weighted by Crippen LogP contribution is 2.35. The van der Waals surface area contributed by atoms with E-state index in [0.717, 1.165) is 18.9 Å². The van der Waals surface area contributed by atoms with Gasteiger partial charge in [-0.05, 0) is 55.5 Å². The number of nitrogens with one attached hydrogen (secondary N) is 3. The van der Waals surface area contributed by atoms with Crippen LogP contribution >= 0.6 is 0 Å². The monoisotopic (exact) mass is 435 g/mol. The number of para-hydroxylation sites is 1. The Bertz CT molecular complexity index is 908. The molecule has 4 N–H and O–H groups in total. The van der Waals surface area contributed by atoms with E-state index in [0.29, 0.717) is 29.1 Å². The molecule has 0 unspecified atom stereocenters.